The molecule has 0 aliphatic heterocycles. The van der Waals surface area contributed by atoms with Crippen LogP contribution >= 0.6 is 11.6 Å². The average molecular weight is 312 g/mol. The Labute approximate surface area is 125 Å². The molecular weight excluding hydrogens is 301 g/mol. The largest absolute Gasteiger partial charge is 0.490 e. The van der Waals surface area contributed by atoms with E-state index in [4.69, 9.17) is 21.1 Å². The Morgan fingerprint density at radius 3 is 2.57 bits per heavy atom. The van der Waals surface area contributed by atoms with Crippen molar-refractivity contribution in [2.75, 3.05) is 13.2 Å². The molecule has 2 aromatic rings. The number of ether oxygens (including phenoxy) is 2. The van der Waals surface area contributed by atoms with Crippen LogP contribution in [0.1, 0.15) is 0 Å². The minimum absolute atomic E-state index is 0.0599. The van der Waals surface area contributed by atoms with Gasteiger partial charge >= 0.3 is 0 Å². The van der Waals surface area contributed by atoms with Gasteiger partial charge in [-0.15, -0.1) is 0 Å². The van der Waals surface area contributed by atoms with Gasteiger partial charge in [0.1, 0.15) is 19.0 Å². The van der Waals surface area contributed by atoms with E-state index in [2.05, 4.69) is 0 Å². The lowest BCUT2D eigenvalue weighted by Gasteiger charge is -2.09. The maximum Gasteiger partial charge on any atom is 0.272 e. The molecule has 0 saturated carbocycles. The van der Waals surface area contributed by atoms with Gasteiger partial charge in [-0.2, -0.15) is 0 Å². The smallest absolute Gasteiger partial charge is 0.272 e. The molecule has 0 atom stereocenters. The molecule has 0 aliphatic rings. The van der Waals surface area contributed by atoms with Crippen molar-refractivity contribution in [3.63, 3.8) is 0 Å². The number of nitrogens with zero attached hydrogens (tertiary/aromatic N) is 1. The Kier molecular flexibility index (Phi) is 4.94. The SMILES string of the molecule is O=[N+]([O-])c1ccc(OCCOc2cccc(Cl)c2)c(F)c1. The highest BCUT2D eigenvalue weighted by molar-refractivity contribution is 6.30. The van der Waals surface area contributed by atoms with Gasteiger partial charge in [0.25, 0.3) is 5.69 Å². The Morgan fingerprint density at radius 1 is 1.14 bits per heavy atom. The minimum Gasteiger partial charge on any atom is -0.490 e. The third-order valence-corrected chi connectivity index (χ3v) is 2.77. The van der Waals surface area contributed by atoms with Gasteiger partial charge in [-0.05, 0) is 24.3 Å². The molecule has 0 unspecified atom stereocenters. The lowest BCUT2D eigenvalue weighted by Crippen LogP contribution is -2.09. The van der Waals surface area contributed by atoms with Crippen LogP contribution in [0.3, 0.4) is 0 Å². The quantitative estimate of drug-likeness (QED) is 0.462. The van der Waals surface area contributed by atoms with Crippen LogP contribution in [-0.2, 0) is 0 Å². The number of nitro groups is 1. The number of benzene rings is 2. The molecule has 0 aromatic heterocycles. The van der Waals surface area contributed by atoms with Crippen LogP contribution in [0.2, 0.25) is 5.02 Å². The van der Waals surface area contributed by atoms with Crippen LogP contribution in [0.25, 0.3) is 0 Å². The fourth-order valence-corrected chi connectivity index (χ4v) is 1.77. The van der Waals surface area contributed by atoms with Crippen LogP contribution in [0.4, 0.5) is 10.1 Å². The third kappa shape index (κ3) is 4.32. The zero-order valence-electron chi connectivity index (χ0n) is 10.8. The van der Waals surface area contributed by atoms with E-state index < -0.39 is 10.7 Å². The molecule has 0 heterocycles. The summed E-state index contributed by atoms with van der Waals surface area (Å²) >= 11 is 5.80. The van der Waals surface area contributed by atoms with Crippen molar-refractivity contribution < 1.29 is 18.8 Å². The maximum atomic E-state index is 13.5. The van der Waals surface area contributed by atoms with Gasteiger partial charge in [0.05, 0.1) is 11.0 Å². The summed E-state index contributed by atoms with van der Waals surface area (Å²) in [7, 11) is 0. The first-order valence-corrected chi connectivity index (χ1v) is 6.39. The minimum atomic E-state index is -0.785. The molecule has 0 saturated heterocycles. The van der Waals surface area contributed by atoms with Gasteiger partial charge in [-0.1, -0.05) is 17.7 Å². The molecule has 0 bridgehead atoms. The fourth-order valence-electron chi connectivity index (χ4n) is 1.59. The van der Waals surface area contributed by atoms with E-state index in [1.54, 1.807) is 24.3 Å². The van der Waals surface area contributed by atoms with E-state index in [0.717, 1.165) is 6.07 Å². The van der Waals surface area contributed by atoms with Crippen LogP contribution in [0.15, 0.2) is 42.5 Å². The Hall–Kier alpha value is -2.34. The van der Waals surface area contributed by atoms with Crippen LogP contribution in [0, 0.1) is 15.9 Å². The second-order valence-corrected chi connectivity index (χ2v) is 4.46. The Morgan fingerprint density at radius 2 is 1.90 bits per heavy atom. The summed E-state index contributed by atoms with van der Waals surface area (Å²) in [6.07, 6.45) is 0. The summed E-state index contributed by atoms with van der Waals surface area (Å²) in [4.78, 5) is 9.80. The van der Waals surface area contributed by atoms with Gasteiger partial charge in [-0.25, -0.2) is 4.39 Å². The lowest BCUT2D eigenvalue weighted by atomic mass is 10.3. The predicted molar refractivity (Wildman–Crippen MR) is 75.5 cm³/mol. The Bertz CT molecular complexity index is 651. The molecular formula is C14H11ClFNO4. The summed E-state index contributed by atoms with van der Waals surface area (Å²) in [6.45, 7) is 0.290. The molecule has 0 amide bonds. The number of hydrogen-bond acceptors (Lipinski definition) is 4. The summed E-state index contributed by atoms with van der Waals surface area (Å²) in [5.41, 5.74) is -0.324. The standard InChI is InChI=1S/C14H11ClFNO4/c15-10-2-1-3-12(8-10)20-6-7-21-14-5-4-11(17(18)19)9-13(14)16/h1-5,8-9H,6-7H2. The van der Waals surface area contributed by atoms with E-state index in [9.17, 15) is 14.5 Å². The molecule has 2 aromatic carbocycles. The molecule has 0 aliphatic carbocycles. The summed E-state index contributed by atoms with van der Waals surface area (Å²) in [5.74, 6) is -0.266. The average Bonchev–Trinajstić information content (AvgIpc) is 2.45. The second kappa shape index (κ2) is 6.90. The van der Waals surface area contributed by atoms with Crippen molar-refractivity contribution in [1.29, 1.82) is 0 Å². The molecule has 5 nitrogen and oxygen atoms in total. The van der Waals surface area contributed by atoms with Gasteiger partial charge in [0.15, 0.2) is 11.6 Å². The van der Waals surface area contributed by atoms with Crippen molar-refractivity contribution in [3.05, 3.63) is 63.4 Å². The first kappa shape index (κ1) is 15.1. The molecule has 110 valence electrons. The molecule has 21 heavy (non-hydrogen) atoms. The normalized spacial score (nSPS) is 10.2. The lowest BCUT2D eigenvalue weighted by molar-refractivity contribution is -0.385. The van der Waals surface area contributed by atoms with E-state index in [-0.39, 0.29) is 24.7 Å². The predicted octanol–water partition coefficient (Wildman–Crippen LogP) is 3.85. The van der Waals surface area contributed by atoms with Crippen molar-refractivity contribution in [3.8, 4) is 11.5 Å². The number of hydrogen-bond donors (Lipinski definition) is 0. The van der Waals surface area contributed by atoms with E-state index in [1.807, 2.05) is 0 Å². The zero-order valence-corrected chi connectivity index (χ0v) is 11.5. The van der Waals surface area contributed by atoms with Crippen molar-refractivity contribution >= 4 is 17.3 Å². The second-order valence-electron chi connectivity index (χ2n) is 4.03. The molecule has 0 N–H and O–H groups in total. The first-order chi connectivity index (χ1) is 10.1. The molecule has 0 spiro atoms. The highest BCUT2D eigenvalue weighted by Crippen LogP contribution is 2.22. The number of non-ortho nitro benzene ring substituents is 1. The van der Waals surface area contributed by atoms with Gasteiger partial charge in [-0.3, -0.25) is 10.1 Å². The van der Waals surface area contributed by atoms with Crippen molar-refractivity contribution in [2.45, 2.75) is 0 Å². The highest BCUT2D eigenvalue weighted by Gasteiger charge is 2.11. The van der Waals surface area contributed by atoms with E-state index in [0.29, 0.717) is 10.8 Å². The molecule has 0 radical (unpaired) electrons. The number of nitro benzene ring substituents is 1. The van der Waals surface area contributed by atoms with Crippen molar-refractivity contribution in [2.24, 2.45) is 0 Å². The summed E-state index contributed by atoms with van der Waals surface area (Å²) in [5, 5.41) is 11.0. The monoisotopic (exact) mass is 311 g/mol. The molecule has 2 rings (SSSR count). The first-order valence-electron chi connectivity index (χ1n) is 6.01. The third-order valence-electron chi connectivity index (χ3n) is 2.53. The topological polar surface area (TPSA) is 61.6 Å². The van der Waals surface area contributed by atoms with Gasteiger partial charge < -0.3 is 9.47 Å². The summed E-state index contributed by atoms with van der Waals surface area (Å²) < 4.78 is 24.1. The zero-order chi connectivity index (χ0) is 15.2. The highest BCUT2D eigenvalue weighted by atomic mass is 35.5. The molecule has 0 fully saturated rings. The number of halogens is 2. The van der Waals surface area contributed by atoms with Crippen LogP contribution in [-0.4, -0.2) is 18.1 Å². The van der Waals surface area contributed by atoms with Gasteiger partial charge in [0, 0.05) is 11.1 Å². The fraction of sp³-hybridized carbons (Fsp3) is 0.143. The van der Waals surface area contributed by atoms with Crippen LogP contribution in [0.5, 0.6) is 11.5 Å². The molecule has 7 heteroatoms. The number of rotatable bonds is 6. The van der Waals surface area contributed by atoms with Crippen molar-refractivity contribution in [1.82, 2.24) is 0 Å². The van der Waals surface area contributed by atoms with Gasteiger partial charge in [0.2, 0.25) is 0 Å². The Balaban J connectivity index is 1.85. The van der Waals surface area contributed by atoms with E-state index in [1.165, 1.54) is 12.1 Å². The van der Waals surface area contributed by atoms with Crippen LogP contribution < -0.4 is 9.47 Å². The summed E-state index contributed by atoms with van der Waals surface area (Å²) in [6, 6.07) is 10.0. The van der Waals surface area contributed by atoms with E-state index >= 15 is 0 Å². The maximum absolute atomic E-state index is 13.5.